The van der Waals surface area contributed by atoms with Crippen LogP contribution in [0.2, 0.25) is 0 Å². The van der Waals surface area contributed by atoms with Gasteiger partial charge < -0.3 is 80.4 Å². The Balaban J connectivity index is -0.0000000705. The minimum absolute atomic E-state index is 0. The second-order valence-corrected chi connectivity index (χ2v) is 5.44. The molecule has 0 aliphatic heterocycles. The van der Waals surface area contributed by atoms with E-state index >= 15 is 0 Å². The largest absolute Gasteiger partial charge is 2.00 e. The molecule has 95 nitrogen and oxygen atoms in total. The zero-order chi connectivity index (χ0) is 64.6. The Hall–Kier alpha value is -1.31. The van der Waals surface area contributed by atoms with Crippen LogP contribution in [-0.4, -0.2) is 38.3 Å². The predicted molar refractivity (Wildman–Crippen MR) is 112 cm³/mol. The predicted octanol–water partition coefficient (Wildman–Crippen LogP) is -20.8. The topological polar surface area (TPSA) is 1140 Å². The van der Waals surface area contributed by atoms with Gasteiger partial charge in [0.2, 0.25) is 0 Å². The van der Waals surface area contributed by atoms with Gasteiger partial charge >= 0.3 is 77.9 Å². The molecule has 0 aliphatic rings. The SMILES string of the molecule is O.O.O.O.O.O.O.[O-]OOOOOOOOOOOOOOOOOOOO[O-].[O-]OOOOOOOOOOOOOOOOOOOO[O-].[O-]OOOOOOOOOOOOOOOOOOOO[O-].[O-]OOOOOOOOOOOOOOOOOOOO[O-].[Zn+2].[Zn+2].[Zn+2].[Zn+2]. The van der Waals surface area contributed by atoms with Gasteiger partial charge in [0.05, 0.1) is 0 Å². The Morgan fingerprint density at radius 2 is 0.101 bits per heavy atom. The average Bonchev–Trinajstić information content (AvgIpc) is 3.65. The normalized spacial score (nSPS) is 9.94. The van der Waals surface area contributed by atoms with E-state index in [1.807, 2.05) is 0 Å². The molecule has 0 aromatic carbocycles. The molecular formula is H14O95Zn4. The third-order valence-corrected chi connectivity index (χ3v) is 2.11. The quantitative estimate of drug-likeness (QED) is 0.0236. The van der Waals surface area contributed by atoms with Gasteiger partial charge in [0, 0.05) is 40.3 Å². The zero-order valence-corrected chi connectivity index (χ0v) is 54.1. The van der Waals surface area contributed by atoms with Gasteiger partial charge in [0.1, 0.15) is 0 Å². The van der Waals surface area contributed by atoms with Crippen molar-refractivity contribution >= 4 is 0 Å². The van der Waals surface area contributed by atoms with E-state index in [1.54, 1.807) is 0 Å². The Morgan fingerprint density at radius 1 is 0.0707 bits per heavy atom. The van der Waals surface area contributed by atoms with Crippen molar-refractivity contribution in [3.63, 3.8) is 0 Å². The fourth-order valence-corrected chi connectivity index (χ4v) is 0.816. The van der Waals surface area contributed by atoms with Crippen LogP contribution in [0.15, 0.2) is 0 Å². The molecule has 0 rings (SSSR count). The summed E-state index contributed by atoms with van der Waals surface area (Å²) in [6.45, 7) is 0. The Bertz CT molecular complexity index is 796. The molecule has 0 amide bonds. The van der Waals surface area contributed by atoms with Gasteiger partial charge in [-0.25, -0.2) is 0 Å². The maximum atomic E-state index is 9.09. The van der Waals surface area contributed by atoms with Crippen molar-refractivity contribution in [2.45, 2.75) is 0 Å². The standard InChI is InChI=1S/4H2O22.7H2O.4Zn/c4*1-3-5-7-9-11-13-15-17-19-21-22-20-18-16-14-12-10-8-6-4-2;;;;;;;;;;;/h4*1-2H;7*1H2;;;;/q;;;;;;;;;;;4*+2/p-8. The first kappa shape index (κ1) is 134. The van der Waals surface area contributed by atoms with E-state index < -0.39 is 0 Å². The molecule has 99 heteroatoms. The van der Waals surface area contributed by atoms with Gasteiger partial charge in [-0.1, -0.05) is 0 Å². The van der Waals surface area contributed by atoms with Crippen LogP contribution in [0.25, 0.3) is 0 Å². The van der Waals surface area contributed by atoms with E-state index in [-0.39, 0.29) is 116 Å². The number of rotatable bonds is 76. The van der Waals surface area contributed by atoms with Gasteiger partial charge in [-0.3, -0.25) is 40.3 Å². The molecule has 0 aliphatic carbocycles. The van der Waals surface area contributed by atoms with Crippen molar-refractivity contribution < 1.29 is 561 Å². The molecule has 0 heterocycles. The van der Waals surface area contributed by atoms with Crippen LogP contribution in [0.5, 0.6) is 0 Å². The van der Waals surface area contributed by atoms with Gasteiger partial charge in [-0.15, -0.1) is 0 Å². The van der Waals surface area contributed by atoms with Crippen molar-refractivity contribution in [3.8, 4) is 0 Å². The maximum absolute atomic E-state index is 9.09. The summed E-state index contributed by atoms with van der Waals surface area (Å²) in [4.78, 5) is 0. The fraction of sp³-hybridized carbons (Fsp3) is 0. The van der Waals surface area contributed by atoms with Crippen molar-refractivity contribution in [2.75, 3.05) is 0 Å². The molecule has 14 N–H and O–H groups in total. The Kier molecular flexibility index (Phi) is 193. The molecule has 0 bridgehead atoms. The van der Waals surface area contributed by atoms with Gasteiger partial charge in [0.15, 0.2) is 0 Å². The summed E-state index contributed by atoms with van der Waals surface area (Å²) < 4.78 is 0. The van der Waals surface area contributed by atoms with Gasteiger partial charge in [-0.05, 0) is 322 Å². The van der Waals surface area contributed by atoms with Crippen LogP contribution in [-0.2, 0) is 481 Å². The molecule has 0 atom stereocenters. The molecular weight excluding hydrogens is 1780 g/mol. The van der Waals surface area contributed by atoms with Crippen LogP contribution < -0.4 is 42.1 Å². The summed E-state index contributed by atoms with van der Waals surface area (Å²) in [6.07, 6.45) is 0. The summed E-state index contributed by atoms with van der Waals surface area (Å²) >= 11 is 0. The van der Waals surface area contributed by atoms with Crippen LogP contribution in [0.3, 0.4) is 0 Å². The molecule has 0 aromatic heterocycles. The van der Waals surface area contributed by atoms with Gasteiger partial charge in [0.25, 0.3) is 0 Å². The molecule has 0 fully saturated rings. The molecule has 0 saturated heterocycles. The Morgan fingerprint density at radius 3 is 0.131 bits per heavy atom. The maximum Gasteiger partial charge on any atom is 2.00 e. The van der Waals surface area contributed by atoms with Crippen LogP contribution >= 0.6 is 0 Å². The fourth-order valence-electron chi connectivity index (χ4n) is 0.816. The summed E-state index contributed by atoms with van der Waals surface area (Å²) in [5.41, 5.74) is 0. The monoisotopic (exact) mass is 1790 g/mol. The first-order chi connectivity index (χ1) is 43.7. The van der Waals surface area contributed by atoms with E-state index in [0.717, 1.165) is 0 Å². The Labute approximate surface area is 561 Å². The molecule has 0 radical (unpaired) electrons. The molecule has 592 valence electrons. The second-order valence-electron chi connectivity index (χ2n) is 5.44. The van der Waals surface area contributed by atoms with Crippen LogP contribution in [0.1, 0.15) is 0 Å². The van der Waals surface area contributed by atoms with Crippen LogP contribution in [0, 0.1) is 0 Å². The van der Waals surface area contributed by atoms with Crippen molar-refractivity contribution in [1.29, 1.82) is 0 Å². The average molecular weight is 1800 g/mol. The summed E-state index contributed by atoms with van der Waals surface area (Å²) in [6, 6.07) is 0. The summed E-state index contributed by atoms with van der Waals surface area (Å²) in [7, 11) is 0. The van der Waals surface area contributed by atoms with E-state index in [0.29, 0.717) is 0 Å². The molecule has 99 heavy (non-hydrogen) atoms. The van der Waals surface area contributed by atoms with E-state index in [1.165, 1.54) is 0 Å². The third-order valence-electron chi connectivity index (χ3n) is 2.11. The first-order valence-corrected chi connectivity index (χ1v) is 14.0. The summed E-state index contributed by atoms with van der Waals surface area (Å²) in [5.74, 6) is 0. The van der Waals surface area contributed by atoms with Gasteiger partial charge in [-0.2, -0.15) is 0 Å². The minimum atomic E-state index is 0. The first-order valence-electron chi connectivity index (χ1n) is 14.0. The van der Waals surface area contributed by atoms with Crippen molar-refractivity contribution in [3.05, 3.63) is 0 Å². The smallest absolute Gasteiger partial charge is 0.689 e. The third kappa shape index (κ3) is 155. The van der Waals surface area contributed by atoms with Crippen LogP contribution in [0.4, 0.5) is 0 Å². The molecule has 0 aromatic rings. The minimum Gasteiger partial charge on any atom is -0.689 e. The molecule has 0 unspecified atom stereocenters. The zero-order valence-electron chi connectivity index (χ0n) is 42.3. The number of hydrogen-bond acceptors (Lipinski definition) is 88. The van der Waals surface area contributed by atoms with E-state index in [9.17, 15) is 0 Å². The summed E-state index contributed by atoms with van der Waals surface area (Å²) in [5, 5.41) is 336. The number of hydrogen-bond donors (Lipinski definition) is 0. The second kappa shape index (κ2) is 143. The van der Waals surface area contributed by atoms with Crippen molar-refractivity contribution in [2.24, 2.45) is 0 Å². The molecule has 0 saturated carbocycles. The van der Waals surface area contributed by atoms with E-state index in [2.05, 4.69) is 403 Å². The van der Waals surface area contributed by atoms with E-state index in [4.69, 9.17) is 42.1 Å². The molecule has 0 spiro atoms. The van der Waals surface area contributed by atoms with Crippen molar-refractivity contribution in [1.82, 2.24) is 0 Å².